The predicted octanol–water partition coefficient (Wildman–Crippen LogP) is 3.35. The maximum Gasteiger partial charge on any atom is 0.257 e. The average Bonchev–Trinajstić information content (AvgIpc) is 2.71. The summed E-state index contributed by atoms with van der Waals surface area (Å²) < 4.78 is 5.19. The Morgan fingerprint density at radius 1 is 1.19 bits per heavy atom. The number of ether oxygens (including phenoxy) is 1. The maximum absolute atomic E-state index is 12.8. The van der Waals surface area contributed by atoms with Crippen molar-refractivity contribution < 1.29 is 14.3 Å². The summed E-state index contributed by atoms with van der Waals surface area (Å²) in [5, 5.41) is 2.89. The number of carbonyl (C=O) groups excluding carboxylic acids is 2. The van der Waals surface area contributed by atoms with Crippen LogP contribution in [0.2, 0.25) is 0 Å². The van der Waals surface area contributed by atoms with E-state index in [1.54, 1.807) is 25.3 Å². The molecule has 0 unspecified atom stereocenters. The van der Waals surface area contributed by atoms with E-state index in [9.17, 15) is 9.59 Å². The van der Waals surface area contributed by atoms with Gasteiger partial charge in [-0.15, -0.1) is 0 Å². The Balaban J connectivity index is 1.61. The lowest BCUT2D eigenvalue weighted by Gasteiger charge is -2.46. The van der Waals surface area contributed by atoms with Crippen molar-refractivity contribution in [1.82, 2.24) is 4.90 Å². The summed E-state index contributed by atoms with van der Waals surface area (Å²) in [5.41, 5.74) is 2.68. The van der Waals surface area contributed by atoms with Crippen LogP contribution < -0.4 is 15.0 Å². The fourth-order valence-electron chi connectivity index (χ4n) is 3.92. The van der Waals surface area contributed by atoms with Crippen LogP contribution in [0.15, 0.2) is 42.5 Å². The van der Waals surface area contributed by atoms with Crippen LogP contribution in [0.25, 0.3) is 0 Å². The zero-order valence-corrected chi connectivity index (χ0v) is 15.6. The van der Waals surface area contributed by atoms with Crippen LogP contribution in [0.1, 0.15) is 40.0 Å². The number of nitrogens with one attached hydrogen (secondary N) is 1. The van der Waals surface area contributed by atoms with Crippen molar-refractivity contribution in [3.63, 3.8) is 0 Å². The molecule has 1 N–H and O–H groups in total. The molecule has 0 spiro atoms. The second kappa shape index (κ2) is 6.95. The summed E-state index contributed by atoms with van der Waals surface area (Å²) in [4.78, 5) is 29.6. The standard InChI is InChI=1S/C21H23N3O3/c1-23-18-12-14(20(25)22-15-6-5-7-16(13-15)27-2)9-10-17(18)21(26)24-11-4-3-8-19(23)24/h5-7,9-10,12-13,19H,3-4,8,11H2,1-2H3,(H,22,25)/t19-/m1/s1. The second-order valence-electron chi connectivity index (χ2n) is 7.00. The third kappa shape index (κ3) is 3.12. The van der Waals surface area contributed by atoms with Gasteiger partial charge < -0.3 is 19.9 Å². The molecule has 2 aromatic rings. The van der Waals surface area contributed by atoms with Gasteiger partial charge in [0.05, 0.1) is 18.4 Å². The van der Waals surface area contributed by atoms with Gasteiger partial charge in [-0.05, 0) is 49.6 Å². The number of nitrogens with zero attached hydrogens (tertiary/aromatic N) is 2. The first-order chi connectivity index (χ1) is 13.1. The number of hydrogen-bond acceptors (Lipinski definition) is 4. The molecule has 1 atom stereocenters. The summed E-state index contributed by atoms with van der Waals surface area (Å²) in [6.45, 7) is 0.797. The summed E-state index contributed by atoms with van der Waals surface area (Å²) in [6.07, 6.45) is 3.20. The lowest BCUT2D eigenvalue weighted by molar-refractivity contribution is 0.0589. The molecule has 2 aromatic carbocycles. The van der Waals surface area contributed by atoms with Crippen molar-refractivity contribution >= 4 is 23.2 Å². The van der Waals surface area contributed by atoms with E-state index in [1.807, 2.05) is 36.2 Å². The Labute approximate surface area is 158 Å². The number of fused-ring (bicyclic) bond motifs is 2. The van der Waals surface area contributed by atoms with Gasteiger partial charge in [0, 0.05) is 30.9 Å². The number of carbonyl (C=O) groups is 2. The number of amides is 2. The third-order valence-corrected chi connectivity index (χ3v) is 5.38. The van der Waals surface area contributed by atoms with Crippen LogP contribution in [0.5, 0.6) is 5.75 Å². The molecule has 2 heterocycles. The van der Waals surface area contributed by atoms with Gasteiger partial charge in [0.1, 0.15) is 11.9 Å². The first-order valence-corrected chi connectivity index (χ1v) is 9.22. The fourth-order valence-corrected chi connectivity index (χ4v) is 3.92. The highest BCUT2D eigenvalue weighted by Gasteiger charge is 2.37. The van der Waals surface area contributed by atoms with Gasteiger partial charge in [0.15, 0.2) is 0 Å². The first kappa shape index (κ1) is 17.4. The van der Waals surface area contributed by atoms with E-state index in [4.69, 9.17) is 4.74 Å². The molecule has 1 saturated heterocycles. The van der Waals surface area contributed by atoms with Crippen molar-refractivity contribution in [1.29, 1.82) is 0 Å². The molecule has 0 aromatic heterocycles. The minimum atomic E-state index is -0.210. The van der Waals surface area contributed by atoms with Gasteiger partial charge in [-0.1, -0.05) is 6.07 Å². The number of methoxy groups -OCH3 is 1. The molecule has 2 aliphatic heterocycles. The number of benzene rings is 2. The van der Waals surface area contributed by atoms with Gasteiger partial charge >= 0.3 is 0 Å². The highest BCUT2D eigenvalue weighted by atomic mass is 16.5. The molecule has 1 fully saturated rings. The quantitative estimate of drug-likeness (QED) is 0.906. The number of rotatable bonds is 3. The van der Waals surface area contributed by atoms with E-state index in [1.165, 1.54) is 0 Å². The molecule has 4 rings (SSSR count). The molecule has 2 aliphatic rings. The van der Waals surface area contributed by atoms with Gasteiger partial charge in [-0.3, -0.25) is 9.59 Å². The van der Waals surface area contributed by atoms with Crippen LogP contribution in [-0.2, 0) is 0 Å². The number of hydrogen-bond donors (Lipinski definition) is 1. The lowest BCUT2D eigenvalue weighted by atomic mass is 9.97. The molecule has 0 aliphatic carbocycles. The Hall–Kier alpha value is -3.02. The molecule has 140 valence electrons. The molecule has 6 heteroatoms. The van der Waals surface area contributed by atoms with Gasteiger partial charge in [-0.2, -0.15) is 0 Å². The van der Waals surface area contributed by atoms with E-state index in [2.05, 4.69) is 10.2 Å². The third-order valence-electron chi connectivity index (χ3n) is 5.38. The van der Waals surface area contributed by atoms with Crippen molar-refractivity contribution in [2.24, 2.45) is 0 Å². The van der Waals surface area contributed by atoms with E-state index in [-0.39, 0.29) is 18.0 Å². The molecule has 27 heavy (non-hydrogen) atoms. The minimum Gasteiger partial charge on any atom is -0.497 e. The summed E-state index contributed by atoms with van der Waals surface area (Å²) >= 11 is 0. The summed E-state index contributed by atoms with van der Waals surface area (Å²) in [6, 6.07) is 12.5. The minimum absolute atomic E-state index is 0.0625. The Morgan fingerprint density at radius 2 is 2.04 bits per heavy atom. The van der Waals surface area contributed by atoms with Crippen LogP contribution in [0.3, 0.4) is 0 Å². The molecule has 0 radical (unpaired) electrons. The van der Waals surface area contributed by atoms with Gasteiger partial charge in [0.2, 0.25) is 0 Å². The van der Waals surface area contributed by atoms with Gasteiger partial charge in [0.25, 0.3) is 11.8 Å². The van der Waals surface area contributed by atoms with Crippen molar-refractivity contribution in [3.8, 4) is 5.75 Å². The molecular formula is C21H23N3O3. The largest absolute Gasteiger partial charge is 0.497 e. The topological polar surface area (TPSA) is 61.9 Å². The smallest absolute Gasteiger partial charge is 0.257 e. The molecular weight excluding hydrogens is 342 g/mol. The normalized spacial score (nSPS) is 18.6. The highest BCUT2D eigenvalue weighted by Crippen LogP contribution is 2.35. The predicted molar refractivity (Wildman–Crippen MR) is 104 cm³/mol. The number of anilines is 2. The van der Waals surface area contributed by atoms with E-state index in [0.717, 1.165) is 31.5 Å². The van der Waals surface area contributed by atoms with E-state index >= 15 is 0 Å². The van der Waals surface area contributed by atoms with Gasteiger partial charge in [-0.25, -0.2) is 0 Å². The first-order valence-electron chi connectivity index (χ1n) is 9.22. The Kier molecular flexibility index (Phi) is 4.48. The number of piperidine rings is 1. The highest BCUT2D eigenvalue weighted by molar-refractivity contribution is 6.08. The van der Waals surface area contributed by atoms with Crippen LogP contribution in [0.4, 0.5) is 11.4 Å². The maximum atomic E-state index is 12.8. The molecule has 0 saturated carbocycles. The lowest BCUT2D eigenvalue weighted by Crippen LogP contribution is -2.55. The van der Waals surface area contributed by atoms with Crippen LogP contribution in [0, 0.1) is 0 Å². The average molecular weight is 365 g/mol. The summed E-state index contributed by atoms with van der Waals surface area (Å²) in [5.74, 6) is 0.534. The van der Waals surface area contributed by atoms with Crippen molar-refractivity contribution in [2.45, 2.75) is 25.4 Å². The Morgan fingerprint density at radius 3 is 2.85 bits per heavy atom. The SMILES string of the molecule is COc1cccc(NC(=O)c2ccc3c(c2)N(C)[C@H]2CCCCN2C3=O)c1. The molecule has 6 nitrogen and oxygen atoms in total. The van der Waals surface area contributed by atoms with Crippen molar-refractivity contribution in [3.05, 3.63) is 53.6 Å². The fraction of sp³-hybridized carbons (Fsp3) is 0.333. The van der Waals surface area contributed by atoms with E-state index < -0.39 is 0 Å². The monoisotopic (exact) mass is 365 g/mol. The molecule has 0 bridgehead atoms. The second-order valence-corrected chi connectivity index (χ2v) is 7.00. The Bertz CT molecular complexity index is 896. The summed E-state index contributed by atoms with van der Waals surface area (Å²) in [7, 11) is 3.59. The van der Waals surface area contributed by atoms with E-state index in [0.29, 0.717) is 22.6 Å². The molecule has 2 amide bonds. The van der Waals surface area contributed by atoms with Crippen molar-refractivity contribution in [2.75, 3.05) is 30.9 Å². The zero-order valence-electron chi connectivity index (χ0n) is 15.6. The van der Waals surface area contributed by atoms with Crippen LogP contribution >= 0.6 is 0 Å². The van der Waals surface area contributed by atoms with Crippen LogP contribution in [-0.4, -0.2) is 43.6 Å². The zero-order chi connectivity index (χ0) is 19.0.